The molecule has 0 aliphatic carbocycles. The molecule has 0 aromatic carbocycles. The topological polar surface area (TPSA) is 73.4 Å². The van der Waals surface area contributed by atoms with Crippen LogP contribution in [0.15, 0.2) is 12.7 Å². The first-order chi connectivity index (χ1) is 6.07. The van der Waals surface area contributed by atoms with E-state index in [-0.39, 0.29) is 5.11 Å². The molecule has 5 nitrogen and oxygen atoms in total. The van der Waals surface area contributed by atoms with Gasteiger partial charge in [-0.1, -0.05) is 6.08 Å². The molecule has 0 saturated heterocycles. The fourth-order valence-electron chi connectivity index (χ4n) is 0.432. The number of nitrogens with one attached hydrogen (secondary N) is 3. The van der Waals surface area contributed by atoms with E-state index in [0.717, 1.165) is 0 Å². The summed E-state index contributed by atoms with van der Waals surface area (Å²) in [6.07, 6.45) is 0.569. The van der Waals surface area contributed by atoms with Gasteiger partial charge in [-0.05, 0) is 19.1 Å². The lowest BCUT2D eigenvalue weighted by atomic mass is 10.4. The molecule has 0 spiro atoms. The molecule has 13 heavy (non-hydrogen) atoms. The van der Waals surface area contributed by atoms with Crippen molar-refractivity contribution < 1.29 is 9.90 Å². The standard InChI is InChI=1S/C7H13N3O2S/c1-3-4-8-7(13)10-9-6(12)5(2)11/h3,5,11H,1,4H2,2H3,(H,9,12)(H2,8,10,13). The SMILES string of the molecule is C=CCNC(=S)NNC(=O)C(C)O. The van der Waals surface area contributed by atoms with Crippen molar-refractivity contribution in [2.75, 3.05) is 6.54 Å². The van der Waals surface area contributed by atoms with Crippen molar-refractivity contribution in [3.05, 3.63) is 12.7 Å². The van der Waals surface area contributed by atoms with Crippen molar-refractivity contribution in [3.8, 4) is 0 Å². The van der Waals surface area contributed by atoms with Crippen molar-refractivity contribution in [1.82, 2.24) is 16.2 Å². The van der Waals surface area contributed by atoms with Gasteiger partial charge < -0.3 is 10.4 Å². The third kappa shape index (κ3) is 6.06. The summed E-state index contributed by atoms with van der Waals surface area (Å²) in [6.45, 7) is 5.35. The largest absolute Gasteiger partial charge is 0.383 e. The third-order valence-corrected chi connectivity index (χ3v) is 1.33. The molecule has 0 aliphatic rings. The van der Waals surface area contributed by atoms with Crippen LogP contribution in [0.4, 0.5) is 0 Å². The fraction of sp³-hybridized carbons (Fsp3) is 0.429. The van der Waals surface area contributed by atoms with E-state index in [1.165, 1.54) is 6.92 Å². The number of hydrogen-bond acceptors (Lipinski definition) is 3. The van der Waals surface area contributed by atoms with Crippen LogP contribution >= 0.6 is 12.2 Å². The Morgan fingerprint density at radius 3 is 2.77 bits per heavy atom. The summed E-state index contributed by atoms with van der Waals surface area (Å²) in [4.78, 5) is 10.8. The summed E-state index contributed by atoms with van der Waals surface area (Å²) in [5.41, 5.74) is 4.63. The molecular formula is C7H13N3O2S. The summed E-state index contributed by atoms with van der Waals surface area (Å²) >= 11 is 4.76. The average molecular weight is 203 g/mol. The minimum atomic E-state index is -1.06. The Hall–Kier alpha value is -1.14. The van der Waals surface area contributed by atoms with Crippen LogP contribution in [0.5, 0.6) is 0 Å². The number of hydrogen-bond donors (Lipinski definition) is 4. The van der Waals surface area contributed by atoms with Crippen LogP contribution < -0.4 is 16.2 Å². The number of carbonyl (C=O) groups excluding carboxylic acids is 1. The summed E-state index contributed by atoms with van der Waals surface area (Å²) in [5.74, 6) is -0.539. The van der Waals surface area contributed by atoms with E-state index in [2.05, 4.69) is 22.7 Å². The number of hydrazine groups is 1. The molecule has 0 bridgehead atoms. The molecule has 0 saturated carbocycles. The van der Waals surface area contributed by atoms with Crippen molar-refractivity contribution in [1.29, 1.82) is 0 Å². The lowest BCUT2D eigenvalue weighted by molar-refractivity contribution is -0.129. The maximum Gasteiger partial charge on any atom is 0.266 e. The minimum Gasteiger partial charge on any atom is -0.383 e. The Morgan fingerprint density at radius 1 is 1.69 bits per heavy atom. The van der Waals surface area contributed by atoms with Crippen molar-refractivity contribution >= 4 is 23.2 Å². The Labute approximate surface area is 82.2 Å². The van der Waals surface area contributed by atoms with Gasteiger partial charge in [0.25, 0.3) is 5.91 Å². The smallest absolute Gasteiger partial charge is 0.266 e. The first-order valence-corrected chi connectivity index (χ1v) is 4.11. The van der Waals surface area contributed by atoms with Crippen LogP contribution in [-0.4, -0.2) is 28.8 Å². The Kier molecular flexibility index (Phi) is 5.82. The van der Waals surface area contributed by atoms with Crippen LogP contribution in [-0.2, 0) is 4.79 Å². The molecule has 0 aromatic rings. The van der Waals surface area contributed by atoms with Crippen LogP contribution in [0.3, 0.4) is 0 Å². The number of thiocarbonyl (C=S) groups is 1. The quantitative estimate of drug-likeness (QED) is 0.270. The Morgan fingerprint density at radius 2 is 2.31 bits per heavy atom. The highest BCUT2D eigenvalue weighted by Crippen LogP contribution is 1.75. The highest BCUT2D eigenvalue weighted by molar-refractivity contribution is 7.80. The Balaban J connectivity index is 3.57. The van der Waals surface area contributed by atoms with E-state index in [1.807, 2.05) is 0 Å². The molecule has 1 amide bonds. The molecule has 0 heterocycles. The van der Waals surface area contributed by atoms with Gasteiger partial charge in [0.1, 0.15) is 6.10 Å². The zero-order valence-electron chi connectivity index (χ0n) is 7.33. The molecule has 0 fully saturated rings. The monoisotopic (exact) mass is 203 g/mol. The van der Waals surface area contributed by atoms with E-state index in [0.29, 0.717) is 6.54 Å². The molecule has 74 valence electrons. The highest BCUT2D eigenvalue weighted by Gasteiger charge is 2.07. The van der Waals surface area contributed by atoms with Crippen LogP contribution in [0.1, 0.15) is 6.92 Å². The van der Waals surface area contributed by atoms with E-state index in [9.17, 15) is 4.79 Å². The molecular weight excluding hydrogens is 190 g/mol. The van der Waals surface area contributed by atoms with E-state index >= 15 is 0 Å². The van der Waals surface area contributed by atoms with Gasteiger partial charge in [-0.25, -0.2) is 0 Å². The molecule has 0 aliphatic heterocycles. The zero-order valence-corrected chi connectivity index (χ0v) is 8.15. The number of carbonyl (C=O) groups is 1. The lowest BCUT2D eigenvalue weighted by Gasteiger charge is -2.10. The van der Waals surface area contributed by atoms with Gasteiger partial charge >= 0.3 is 0 Å². The van der Waals surface area contributed by atoms with Gasteiger partial charge in [-0.3, -0.25) is 15.6 Å². The van der Waals surface area contributed by atoms with Gasteiger partial charge in [0, 0.05) is 6.54 Å². The number of amides is 1. The Bertz CT molecular complexity index is 206. The fourth-order valence-corrected chi connectivity index (χ4v) is 0.566. The van der Waals surface area contributed by atoms with Gasteiger partial charge in [-0.2, -0.15) is 0 Å². The highest BCUT2D eigenvalue weighted by atomic mass is 32.1. The van der Waals surface area contributed by atoms with E-state index < -0.39 is 12.0 Å². The summed E-state index contributed by atoms with van der Waals surface area (Å²) in [5, 5.41) is 11.8. The van der Waals surface area contributed by atoms with Crippen LogP contribution in [0.25, 0.3) is 0 Å². The molecule has 4 N–H and O–H groups in total. The second kappa shape index (κ2) is 6.38. The molecule has 6 heteroatoms. The first-order valence-electron chi connectivity index (χ1n) is 3.70. The molecule has 0 rings (SSSR count). The molecule has 1 atom stereocenters. The molecule has 0 aromatic heterocycles. The van der Waals surface area contributed by atoms with E-state index in [4.69, 9.17) is 17.3 Å². The average Bonchev–Trinajstić information content (AvgIpc) is 2.10. The van der Waals surface area contributed by atoms with Crippen molar-refractivity contribution in [2.45, 2.75) is 13.0 Å². The second-order valence-electron chi connectivity index (χ2n) is 2.29. The zero-order chi connectivity index (χ0) is 10.3. The maximum atomic E-state index is 10.8. The number of aliphatic hydroxyl groups excluding tert-OH is 1. The van der Waals surface area contributed by atoms with Gasteiger partial charge in [-0.15, -0.1) is 6.58 Å². The van der Waals surface area contributed by atoms with Crippen molar-refractivity contribution in [3.63, 3.8) is 0 Å². The lowest BCUT2D eigenvalue weighted by Crippen LogP contribution is -2.49. The summed E-state index contributed by atoms with van der Waals surface area (Å²) in [7, 11) is 0. The number of rotatable bonds is 3. The predicted octanol–water partition coefficient (Wildman–Crippen LogP) is -0.951. The second-order valence-corrected chi connectivity index (χ2v) is 2.70. The third-order valence-electron chi connectivity index (χ3n) is 1.09. The summed E-state index contributed by atoms with van der Waals surface area (Å²) < 4.78 is 0. The van der Waals surface area contributed by atoms with Crippen molar-refractivity contribution in [2.24, 2.45) is 0 Å². The number of aliphatic hydroxyl groups is 1. The minimum absolute atomic E-state index is 0.272. The van der Waals surface area contributed by atoms with Gasteiger partial charge in [0.05, 0.1) is 0 Å². The molecule has 0 radical (unpaired) electrons. The normalized spacial score (nSPS) is 11.2. The maximum absolute atomic E-state index is 10.8. The van der Waals surface area contributed by atoms with Gasteiger partial charge in [0.15, 0.2) is 5.11 Å². The van der Waals surface area contributed by atoms with Crippen LogP contribution in [0, 0.1) is 0 Å². The summed E-state index contributed by atoms with van der Waals surface area (Å²) in [6, 6.07) is 0. The van der Waals surface area contributed by atoms with E-state index in [1.54, 1.807) is 6.08 Å². The molecule has 1 unspecified atom stereocenters. The van der Waals surface area contributed by atoms with Crippen LogP contribution in [0.2, 0.25) is 0 Å². The predicted molar refractivity (Wildman–Crippen MR) is 53.8 cm³/mol. The van der Waals surface area contributed by atoms with Gasteiger partial charge in [0.2, 0.25) is 0 Å². The first kappa shape index (κ1) is 11.9.